The van der Waals surface area contributed by atoms with Crippen LogP contribution >= 0.6 is 11.6 Å². The number of aryl methyl sites for hydroxylation is 1. The highest BCUT2D eigenvalue weighted by Crippen LogP contribution is 2.25. The van der Waals surface area contributed by atoms with Gasteiger partial charge in [-0.3, -0.25) is 0 Å². The van der Waals surface area contributed by atoms with Gasteiger partial charge >= 0.3 is 6.03 Å². The third kappa shape index (κ3) is 4.50. The van der Waals surface area contributed by atoms with Gasteiger partial charge in [0.15, 0.2) is 0 Å². The number of urea groups is 1. The molecule has 0 aliphatic carbocycles. The number of anilines is 1. The first-order valence-electron chi connectivity index (χ1n) is 9.37. The van der Waals surface area contributed by atoms with Gasteiger partial charge in [0.1, 0.15) is 6.04 Å². The number of hydrogen-bond donors (Lipinski definition) is 2. The van der Waals surface area contributed by atoms with Gasteiger partial charge in [0, 0.05) is 16.3 Å². The van der Waals surface area contributed by atoms with Crippen molar-refractivity contribution in [2.45, 2.75) is 13.0 Å². The van der Waals surface area contributed by atoms with Gasteiger partial charge in [-0.1, -0.05) is 60.1 Å². The summed E-state index contributed by atoms with van der Waals surface area (Å²) in [4.78, 5) is 12.7. The van der Waals surface area contributed by atoms with Crippen molar-refractivity contribution in [3.05, 3.63) is 101 Å². The van der Waals surface area contributed by atoms with Crippen LogP contribution in [0.2, 0.25) is 5.02 Å². The molecule has 7 heteroatoms. The number of benzene rings is 3. The summed E-state index contributed by atoms with van der Waals surface area (Å²) < 4.78 is 5.89. The summed E-state index contributed by atoms with van der Waals surface area (Å²) in [6.07, 6.45) is 0. The zero-order chi connectivity index (χ0) is 20.9. The third-order valence-corrected chi connectivity index (χ3v) is 4.96. The summed E-state index contributed by atoms with van der Waals surface area (Å²) in [5.41, 5.74) is 3.14. The average Bonchev–Trinajstić information content (AvgIpc) is 3.26. The fourth-order valence-electron chi connectivity index (χ4n) is 3.00. The smallest absolute Gasteiger partial charge is 0.320 e. The molecule has 0 fully saturated rings. The number of amides is 2. The fourth-order valence-corrected chi connectivity index (χ4v) is 3.12. The van der Waals surface area contributed by atoms with Crippen molar-refractivity contribution >= 4 is 23.3 Å². The molecule has 0 spiro atoms. The summed E-state index contributed by atoms with van der Waals surface area (Å²) in [6, 6.07) is 23.2. The first kappa shape index (κ1) is 19.7. The van der Waals surface area contributed by atoms with E-state index in [2.05, 4.69) is 20.8 Å². The van der Waals surface area contributed by atoms with E-state index in [4.69, 9.17) is 16.0 Å². The van der Waals surface area contributed by atoms with Crippen molar-refractivity contribution in [3.63, 3.8) is 0 Å². The van der Waals surface area contributed by atoms with Crippen LogP contribution in [0.1, 0.15) is 23.1 Å². The van der Waals surface area contributed by atoms with Crippen LogP contribution in [0.3, 0.4) is 0 Å². The molecule has 2 amide bonds. The normalized spacial score (nSPS) is 11.7. The monoisotopic (exact) mass is 418 g/mol. The van der Waals surface area contributed by atoms with Crippen LogP contribution in [-0.4, -0.2) is 16.2 Å². The Kier molecular flexibility index (Phi) is 5.77. The largest absolute Gasteiger partial charge is 0.418 e. The Morgan fingerprint density at radius 3 is 2.37 bits per heavy atom. The average molecular weight is 419 g/mol. The molecule has 1 atom stereocenters. The summed E-state index contributed by atoms with van der Waals surface area (Å²) in [5.74, 6) is 0.685. The van der Waals surface area contributed by atoms with E-state index >= 15 is 0 Å². The second-order valence-electron chi connectivity index (χ2n) is 6.72. The van der Waals surface area contributed by atoms with Crippen molar-refractivity contribution in [2.75, 3.05) is 5.32 Å². The van der Waals surface area contributed by atoms with Crippen LogP contribution in [0, 0.1) is 6.92 Å². The van der Waals surface area contributed by atoms with E-state index in [0.29, 0.717) is 22.5 Å². The predicted molar refractivity (Wildman–Crippen MR) is 116 cm³/mol. The maximum Gasteiger partial charge on any atom is 0.320 e. The quantitative estimate of drug-likeness (QED) is 0.441. The van der Waals surface area contributed by atoms with E-state index in [1.807, 2.05) is 67.6 Å². The van der Waals surface area contributed by atoms with E-state index in [1.165, 1.54) is 0 Å². The maximum atomic E-state index is 12.7. The zero-order valence-corrected chi connectivity index (χ0v) is 16.9. The highest BCUT2D eigenvalue weighted by molar-refractivity contribution is 6.31. The number of rotatable bonds is 5. The number of halogens is 1. The first-order chi connectivity index (χ1) is 14.6. The van der Waals surface area contributed by atoms with Gasteiger partial charge < -0.3 is 15.1 Å². The number of carbonyl (C=O) groups excluding carboxylic acids is 1. The molecular formula is C23H19ClN4O2. The molecule has 3 aromatic carbocycles. The molecule has 2 N–H and O–H groups in total. The Balaban J connectivity index is 1.59. The molecule has 0 bridgehead atoms. The lowest BCUT2D eigenvalue weighted by molar-refractivity contribution is 0.248. The zero-order valence-electron chi connectivity index (χ0n) is 16.2. The van der Waals surface area contributed by atoms with E-state index in [0.717, 1.165) is 16.7 Å². The molecule has 0 radical (unpaired) electrons. The number of carbonyl (C=O) groups is 1. The fraction of sp³-hybridized carbons (Fsp3) is 0.0870. The molecule has 30 heavy (non-hydrogen) atoms. The molecule has 4 rings (SSSR count). The van der Waals surface area contributed by atoms with E-state index in [9.17, 15) is 4.79 Å². The number of nitrogens with one attached hydrogen (secondary N) is 2. The minimum absolute atomic E-state index is 0.294. The second kappa shape index (κ2) is 8.80. The minimum Gasteiger partial charge on any atom is -0.418 e. The Morgan fingerprint density at radius 2 is 1.67 bits per heavy atom. The molecule has 150 valence electrons. The molecule has 6 nitrogen and oxygen atoms in total. The number of aromatic nitrogens is 2. The standard InChI is InChI=1S/C23H19ClN4O2/c1-15-14-18(12-13-19(15)24)25-23(29)26-20(16-8-4-2-5-9-16)22-28-27-21(30-22)17-10-6-3-7-11-17/h2-14,20H,1H3,(H2,25,26,29)/t20-/m1/s1. The molecule has 0 aliphatic rings. The van der Waals surface area contributed by atoms with Crippen LogP contribution in [0.25, 0.3) is 11.5 Å². The predicted octanol–water partition coefficient (Wildman–Crippen LogP) is 5.61. The molecule has 4 aromatic rings. The van der Waals surface area contributed by atoms with Crippen molar-refractivity contribution in [2.24, 2.45) is 0 Å². The topological polar surface area (TPSA) is 80.0 Å². The maximum absolute atomic E-state index is 12.7. The Bertz CT molecular complexity index is 1150. The van der Waals surface area contributed by atoms with Gasteiger partial charge in [-0.05, 0) is 48.4 Å². The lowest BCUT2D eigenvalue weighted by atomic mass is 10.1. The van der Waals surface area contributed by atoms with Crippen LogP contribution in [0.15, 0.2) is 83.3 Å². The summed E-state index contributed by atoms with van der Waals surface area (Å²) in [7, 11) is 0. The third-order valence-electron chi connectivity index (χ3n) is 4.53. The molecule has 1 heterocycles. The van der Waals surface area contributed by atoms with Gasteiger partial charge in [-0.15, -0.1) is 10.2 Å². The van der Waals surface area contributed by atoms with E-state index in [1.54, 1.807) is 18.2 Å². The van der Waals surface area contributed by atoms with Crippen LogP contribution in [0.5, 0.6) is 0 Å². The van der Waals surface area contributed by atoms with Crippen LogP contribution in [-0.2, 0) is 0 Å². The summed E-state index contributed by atoms with van der Waals surface area (Å²) in [6.45, 7) is 1.88. The Morgan fingerprint density at radius 1 is 0.967 bits per heavy atom. The van der Waals surface area contributed by atoms with Crippen molar-refractivity contribution < 1.29 is 9.21 Å². The number of hydrogen-bond acceptors (Lipinski definition) is 4. The Labute approximate surface area is 178 Å². The summed E-state index contributed by atoms with van der Waals surface area (Å²) in [5, 5.41) is 14.7. The molecule has 1 aromatic heterocycles. The number of nitrogens with zero attached hydrogens (tertiary/aromatic N) is 2. The highest BCUT2D eigenvalue weighted by atomic mass is 35.5. The lowest BCUT2D eigenvalue weighted by Crippen LogP contribution is -2.33. The van der Waals surface area contributed by atoms with Gasteiger partial charge in [-0.2, -0.15) is 0 Å². The molecule has 0 saturated carbocycles. The first-order valence-corrected chi connectivity index (χ1v) is 9.75. The minimum atomic E-state index is -0.607. The van der Waals surface area contributed by atoms with Crippen LogP contribution < -0.4 is 10.6 Å². The Hall–Kier alpha value is -3.64. The van der Waals surface area contributed by atoms with Gasteiger partial charge in [0.2, 0.25) is 11.8 Å². The van der Waals surface area contributed by atoms with E-state index < -0.39 is 12.1 Å². The molecule has 0 aliphatic heterocycles. The second-order valence-corrected chi connectivity index (χ2v) is 7.12. The SMILES string of the molecule is Cc1cc(NC(=O)N[C@H](c2ccccc2)c2nnc(-c3ccccc3)o2)ccc1Cl. The summed E-state index contributed by atoms with van der Waals surface area (Å²) >= 11 is 6.06. The van der Waals surface area contributed by atoms with Crippen LogP contribution in [0.4, 0.5) is 10.5 Å². The highest BCUT2D eigenvalue weighted by Gasteiger charge is 2.23. The van der Waals surface area contributed by atoms with E-state index in [-0.39, 0.29) is 0 Å². The van der Waals surface area contributed by atoms with Crippen molar-refractivity contribution in [1.29, 1.82) is 0 Å². The molecule has 0 saturated heterocycles. The molecular weight excluding hydrogens is 400 g/mol. The molecule has 0 unspecified atom stereocenters. The van der Waals surface area contributed by atoms with Gasteiger partial charge in [0.05, 0.1) is 0 Å². The van der Waals surface area contributed by atoms with Gasteiger partial charge in [0.25, 0.3) is 0 Å². The lowest BCUT2D eigenvalue weighted by Gasteiger charge is -2.16. The van der Waals surface area contributed by atoms with Crippen molar-refractivity contribution in [1.82, 2.24) is 15.5 Å². The van der Waals surface area contributed by atoms with Gasteiger partial charge in [-0.25, -0.2) is 4.79 Å². The van der Waals surface area contributed by atoms with Crippen molar-refractivity contribution in [3.8, 4) is 11.5 Å².